The van der Waals surface area contributed by atoms with E-state index in [0.717, 1.165) is 18.1 Å². The van der Waals surface area contributed by atoms with Crippen LogP contribution in [0.5, 0.6) is 0 Å². The molecule has 1 rings (SSSR count). The summed E-state index contributed by atoms with van der Waals surface area (Å²) in [6.07, 6.45) is -1.27. The summed E-state index contributed by atoms with van der Waals surface area (Å²) in [5.41, 5.74) is 0.309. The number of halogens is 2. The molecule has 3 nitrogen and oxygen atoms in total. The molecular formula is C12H22F2N2OS. The first kappa shape index (κ1) is 15.7. The fourth-order valence-corrected chi connectivity index (χ4v) is 3.09. The quantitative estimate of drug-likeness (QED) is 0.760. The lowest BCUT2D eigenvalue weighted by atomic mass is 9.90. The Morgan fingerprint density at radius 1 is 1.50 bits per heavy atom. The van der Waals surface area contributed by atoms with Crippen LogP contribution in [0.15, 0.2) is 4.99 Å². The van der Waals surface area contributed by atoms with Crippen molar-refractivity contribution >= 4 is 16.9 Å². The molecule has 0 amide bonds. The van der Waals surface area contributed by atoms with E-state index in [-0.39, 0.29) is 6.61 Å². The molecule has 0 aliphatic carbocycles. The molecule has 0 saturated heterocycles. The molecule has 106 valence electrons. The van der Waals surface area contributed by atoms with E-state index in [2.05, 4.69) is 31.1 Å². The van der Waals surface area contributed by atoms with Crippen molar-refractivity contribution in [3.8, 4) is 0 Å². The van der Waals surface area contributed by atoms with Crippen molar-refractivity contribution < 1.29 is 13.5 Å². The van der Waals surface area contributed by atoms with Gasteiger partial charge in [-0.1, -0.05) is 32.5 Å². The summed E-state index contributed by atoms with van der Waals surface area (Å²) in [6, 6.07) is 0. The van der Waals surface area contributed by atoms with Crippen molar-refractivity contribution in [3.63, 3.8) is 0 Å². The lowest BCUT2D eigenvalue weighted by molar-refractivity contribution is 0.0197. The van der Waals surface area contributed by atoms with Crippen molar-refractivity contribution in [2.24, 2.45) is 10.4 Å². The zero-order valence-corrected chi connectivity index (χ0v) is 12.0. The second kappa shape index (κ2) is 7.28. The number of aliphatic imine (C=N–C) groups is 1. The van der Waals surface area contributed by atoms with E-state index in [1.165, 1.54) is 0 Å². The van der Waals surface area contributed by atoms with Crippen LogP contribution in [0.25, 0.3) is 0 Å². The highest BCUT2D eigenvalue weighted by molar-refractivity contribution is 8.14. The average Bonchev–Trinajstić information content (AvgIpc) is 2.62. The maximum absolute atomic E-state index is 11.8. The first-order valence-corrected chi connectivity index (χ1v) is 7.05. The summed E-state index contributed by atoms with van der Waals surface area (Å²) in [5, 5.41) is 4.54. The molecule has 0 radical (unpaired) electrons. The van der Waals surface area contributed by atoms with Crippen LogP contribution in [0.1, 0.15) is 27.2 Å². The predicted octanol–water partition coefficient (Wildman–Crippen LogP) is 2.77. The molecule has 1 N–H and O–H groups in total. The summed E-state index contributed by atoms with van der Waals surface area (Å²) >= 11 is 1.74. The van der Waals surface area contributed by atoms with Crippen LogP contribution in [-0.2, 0) is 4.74 Å². The molecule has 0 spiro atoms. The van der Waals surface area contributed by atoms with Crippen LogP contribution < -0.4 is 5.32 Å². The molecule has 0 aromatic rings. The van der Waals surface area contributed by atoms with Gasteiger partial charge < -0.3 is 10.1 Å². The van der Waals surface area contributed by atoms with Gasteiger partial charge in [0, 0.05) is 11.8 Å². The van der Waals surface area contributed by atoms with E-state index in [1.807, 2.05) is 0 Å². The fraction of sp³-hybridized carbons (Fsp3) is 0.917. The normalized spacial score (nSPS) is 20.3. The molecule has 0 saturated carbocycles. The van der Waals surface area contributed by atoms with Crippen LogP contribution in [0.4, 0.5) is 8.78 Å². The molecule has 1 heterocycles. The Kier molecular flexibility index (Phi) is 6.35. The minimum absolute atomic E-state index is 0.286. The zero-order valence-electron chi connectivity index (χ0n) is 11.2. The second-order valence-corrected chi connectivity index (χ2v) is 6.83. The van der Waals surface area contributed by atoms with Gasteiger partial charge in [0.15, 0.2) is 5.17 Å². The summed E-state index contributed by atoms with van der Waals surface area (Å²) in [7, 11) is 0. The van der Waals surface area contributed by atoms with Crippen molar-refractivity contribution in [1.29, 1.82) is 0 Å². The topological polar surface area (TPSA) is 33.6 Å². The van der Waals surface area contributed by atoms with Crippen LogP contribution in [0.2, 0.25) is 0 Å². The van der Waals surface area contributed by atoms with Crippen LogP contribution in [0.3, 0.4) is 0 Å². The van der Waals surface area contributed by atoms with Gasteiger partial charge in [0.05, 0.1) is 13.2 Å². The van der Waals surface area contributed by atoms with E-state index in [4.69, 9.17) is 4.74 Å². The summed E-state index contributed by atoms with van der Waals surface area (Å²) in [4.78, 5) is 4.40. The number of nitrogens with one attached hydrogen (secondary N) is 1. The van der Waals surface area contributed by atoms with E-state index in [1.54, 1.807) is 11.8 Å². The molecule has 0 bridgehead atoms. The first-order valence-electron chi connectivity index (χ1n) is 6.18. The highest BCUT2D eigenvalue weighted by atomic mass is 32.2. The number of alkyl halides is 2. The van der Waals surface area contributed by atoms with Gasteiger partial charge in [-0.15, -0.1) is 0 Å². The molecule has 1 unspecified atom stereocenters. The van der Waals surface area contributed by atoms with Crippen LogP contribution in [0, 0.1) is 5.41 Å². The van der Waals surface area contributed by atoms with Gasteiger partial charge in [0.1, 0.15) is 6.61 Å². The molecule has 0 fully saturated rings. The van der Waals surface area contributed by atoms with Crippen LogP contribution >= 0.6 is 11.8 Å². The first-order chi connectivity index (χ1) is 8.37. The Bertz CT molecular complexity index is 280. The molecule has 0 aromatic heterocycles. The number of thioether (sulfide) groups is 1. The van der Waals surface area contributed by atoms with E-state index in [9.17, 15) is 8.78 Å². The van der Waals surface area contributed by atoms with Crippen molar-refractivity contribution in [1.82, 2.24) is 5.32 Å². The fourth-order valence-electron chi connectivity index (χ4n) is 1.71. The van der Waals surface area contributed by atoms with Gasteiger partial charge in [-0.3, -0.25) is 4.99 Å². The highest BCUT2D eigenvalue weighted by Gasteiger charge is 2.24. The minimum Gasteiger partial charge on any atom is -0.374 e. The lowest BCUT2D eigenvalue weighted by Crippen LogP contribution is -2.25. The smallest absolute Gasteiger partial charge is 0.261 e. The molecule has 18 heavy (non-hydrogen) atoms. The molecule has 1 atom stereocenters. The van der Waals surface area contributed by atoms with Gasteiger partial charge in [-0.2, -0.15) is 0 Å². The SMILES string of the molecule is CC(C)(C)CC1CN=C(NCCOCC(F)F)S1. The van der Waals surface area contributed by atoms with Gasteiger partial charge in [-0.05, 0) is 11.8 Å². The van der Waals surface area contributed by atoms with Gasteiger partial charge >= 0.3 is 0 Å². The number of rotatable bonds is 6. The Morgan fingerprint density at radius 3 is 2.83 bits per heavy atom. The highest BCUT2D eigenvalue weighted by Crippen LogP contribution is 2.31. The maximum Gasteiger partial charge on any atom is 0.261 e. The Labute approximate surface area is 112 Å². The van der Waals surface area contributed by atoms with Crippen molar-refractivity contribution in [2.45, 2.75) is 38.9 Å². The largest absolute Gasteiger partial charge is 0.374 e. The molecular weight excluding hydrogens is 258 g/mol. The summed E-state index contributed by atoms with van der Waals surface area (Å²) in [5.74, 6) is 0. The van der Waals surface area contributed by atoms with E-state index < -0.39 is 13.0 Å². The average molecular weight is 280 g/mol. The molecule has 0 aromatic carbocycles. The molecule has 1 aliphatic heterocycles. The Morgan fingerprint density at radius 2 is 2.22 bits per heavy atom. The molecule has 6 heteroatoms. The summed E-state index contributed by atoms with van der Waals surface area (Å²) < 4.78 is 28.4. The number of ether oxygens (including phenoxy) is 1. The van der Waals surface area contributed by atoms with Crippen molar-refractivity contribution in [3.05, 3.63) is 0 Å². The number of hydrogen-bond acceptors (Lipinski definition) is 4. The minimum atomic E-state index is -2.39. The van der Waals surface area contributed by atoms with E-state index in [0.29, 0.717) is 17.2 Å². The molecule has 1 aliphatic rings. The van der Waals surface area contributed by atoms with Crippen LogP contribution in [-0.4, -0.2) is 43.1 Å². The Balaban J connectivity index is 2.08. The summed E-state index contributed by atoms with van der Waals surface area (Å²) in [6.45, 7) is 7.82. The third-order valence-corrected chi connectivity index (χ3v) is 3.47. The van der Waals surface area contributed by atoms with Gasteiger partial charge in [0.2, 0.25) is 0 Å². The maximum atomic E-state index is 11.8. The second-order valence-electron chi connectivity index (χ2n) is 5.54. The number of amidine groups is 1. The van der Waals surface area contributed by atoms with E-state index >= 15 is 0 Å². The number of hydrogen-bond donors (Lipinski definition) is 1. The predicted molar refractivity (Wildman–Crippen MR) is 72.6 cm³/mol. The third kappa shape index (κ3) is 7.16. The monoisotopic (exact) mass is 280 g/mol. The standard InChI is InChI=1S/C12H22F2N2OS/c1-12(2,3)6-9-7-16-11(18-9)15-4-5-17-8-10(13)14/h9-10H,4-8H2,1-3H3,(H,15,16). The number of nitrogens with zero attached hydrogens (tertiary/aromatic N) is 1. The third-order valence-electron chi connectivity index (χ3n) is 2.32. The van der Waals surface area contributed by atoms with Crippen molar-refractivity contribution in [2.75, 3.05) is 26.3 Å². The van der Waals surface area contributed by atoms with Gasteiger partial charge in [0.25, 0.3) is 6.43 Å². The lowest BCUT2D eigenvalue weighted by Gasteiger charge is -2.21. The Hall–Kier alpha value is -0.360. The zero-order chi connectivity index (χ0) is 13.6. The van der Waals surface area contributed by atoms with Gasteiger partial charge in [-0.25, -0.2) is 8.78 Å².